The number of ether oxygens (including phenoxy) is 3. The van der Waals surface area contributed by atoms with E-state index in [1.807, 2.05) is 6.08 Å². The van der Waals surface area contributed by atoms with E-state index in [1.54, 1.807) is 6.08 Å². The van der Waals surface area contributed by atoms with Gasteiger partial charge in [0.2, 0.25) is 11.6 Å². The van der Waals surface area contributed by atoms with Gasteiger partial charge in [-0.25, -0.2) is 0 Å². The van der Waals surface area contributed by atoms with E-state index >= 15 is 0 Å². The Morgan fingerprint density at radius 1 is 1.09 bits per heavy atom. The monoisotopic (exact) mass is 332 g/mol. The lowest BCUT2D eigenvalue weighted by Gasteiger charge is -2.16. The fraction of sp³-hybridized carbons (Fsp3) is 0.500. The minimum atomic E-state index is -5.01. The van der Waals surface area contributed by atoms with Gasteiger partial charge in [0.15, 0.2) is 11.5 Å². The van der Waals surface area contributed by atoms with E-state index in [0.717, 1.165) is 25.7 Å². The predicted molar refractivity (Wildman–Crippen MR) is 74.1 cm³/mol. The Labute approximate surface area is 130 Å². The second-order valence-electron chi connectivity index (χ2n) is 5.65. The lowest BCUT2D eigenvalue weighted by Crippen LogP contribution is -2.19. The van der Waals surface area contributed by atoms with Gasteiger partial charge in [0.25, 0.3) is 0 Å². The molecular formula is C16H16F4O3. The summed E-state index contributed by atoms with van der Waals surface area (Å²) in [5.74, 6) is -2.20. The second kappa shape index (κ2) is 6.29. The van der Waals surface area contributed by atoms with Crippen LogP contribution in [-0.2, 0) is 0 Å². The van der Waals surface area contributed by atoms with Gasteiger partial charge in [0.05, 0.1) is 6.10 Å². The van der Waals surface area contributed by atoms with E-state index < -0.39 is 17.9 Å². The van der Waals surface area contributed by atoms with Gasteiger partial charge in [-0.3, -0.25) is 0 Å². The van der Waals surface area contributed by atoms with Crippen molar-refractivity contribution in [2.24, 2.45) is 5.92 Å². The maximum absolute atomic E-state index is 14.3. The molecule has 0 radical (unpaired) electrons. The molecule has 0 spiro atoms. The van der Waals surface area contributed by atoms with E-state index in [4.69, 9.17) is 9.47 Å². The standard InChI is InChI=1S/C16H16F4O3/c17-14-12(21-9-1-2-10-3-4-10)7-8-13(22-11-5-6-11)15(14)23-16(18,19)20/h1-2,7-8,10-11H,3-6,9H2/b2-1+. The average Bonchev–Trinajstić information content (AvgIpc) is 3.34. The molecule has 2 saturated carbocycles. The van der Waals surface area contributed by atoms with Gasteiger partial charge in [0.1, 0.15) is 6.61 Å². The number of benzene rings is 1. The third-order valence-corrected chi connectivity index (χ3v) is 3.43. The first-order valence-corrected chi connectivity index (χ1v) is 7.47. The molecule has 0 bridgehead atoms. The van der Waals surface area contributed by atoms with Crippen molar-refractivity contribution >= 4 is 0 Å². The van der Waals surface area contributed by atoms with Crippen molar-refractivity contribution in [3.63, 3.8) is 0 Å². The topological polar surface area (TPSA) is 27.7 Å². The molecule has 1 aromatic rings. The number of rotatable bonds is 7. The van der Waals surface area contributed by atoms with Crippen molar-refractivity contribution < 1.29 is 31.8 Å². The smallest absolute Gasteiger partial charge is 0.486 e. The first-order valence-electron chi connectivity index (χ1n) is 7.47. The number of hydrogen-bond donors (Lipinski definition) is 0. The van der Waals surface area contributed by atoms with Crippen LogP contribution >= 0.6 is 0 Å². The molecule has 1 aromatic carbocycles. The summed E-state index contributed by atoms with van der Waals surface area (Å²) in [6.45, 7) is 0.0850. The van der Waals surface area contributed by atoms with Gasteiger partial charge >= 0.3 is 6.36 Å². The molecule has 0 amide bonds. The van der Waals surface area contributed by atoms with Crippen molar-refractivity contribution in [1.82, 2.24) is 0 Å². The summed E-state index contributed by atoms with van der Waals surface area (Å²) in [7, 11) is 0. The highest BCUT2D eigenvalue weighted by Gasteiger charge is 2.36. The van der Waals surface area contributed by atoms with Crippen LogP contribution in [0.15, 0.2) is 24.3 Å². The number of allylic oxidation sites excluding steroid dienone is 1. The highest BCUT2D eigenvalue weighted by Crippen LogP contribution is 2.41. The van der Waals surface area contributed by atoms with E-state index in [9.17, 15) is 17.6 Å². The van der Waals surface area contributed by atoms with E-state index in [0.29, 0.717) is 5.92 Å². The number of halogens is 4. The number of hydrogen-bond acceptors (Lipinski definition) is 3. The Bertz CT molecular complexity index is 590. The molecule has 23 heavy (non-hydrogen) atoms. The summed E-state index contributed by atoms with van der Waals surface area (Å²) < 4.78 is 66.0. The van der Waals surface area contributed by atoms with Crippen LogP contribution in [0.1, 0.15) is 25.7 Å². The maximum Gasteiger partial charge on any atom is 0.573 e. The third-order valence-electron chi connectivity index (χ3n) is 3.43. The Hall–Kier alpha value is -1.92. The molecule has 126 valence electrons. The third kappa shape index (κ3) is 4.77. The molecule has 3 rings (SSSR count). The molecule has 0 unspecified atom stereocenters. The van der Waals surface area contributed by atoms with Gasteiger partial charge in [-0.05, 0) is 43.7 Å². The maximum atomic E-state index is 14.3. The lowest BCUT2D eigenvalue weighted by molar-refractivity contribution is -0.276. The zero-order valence-corrected chi connectivity index (χ0v) is 12.2. The molecule has 0 aliphatic heterocycles. The van der Waals surface area contributed by atoms with Crippen molar-refractivity contribution in [3.05, 3.63) is 30.1 Å². The van der Waals surface area contributed by atoms with E-state index in [2.05, 4.69) is 4.74 Å². The number of alkyl halides is 3. The molecule has 2 fully saturated rings. The summed E-state index contributed by atoms with van der Waals surface area (Å²) in [4.78, 5) is 0. The first kappa shape index (κ1) is 16.0. The van der Waals surface area contributed by atoms with Gasteiger partial charge in [-0.2, -0.15) is 4.39 Å². The van der Waals surface area contributed by atoms with Gasteiger partial charge < -0.3 is 14.2 Å². The molecule has 2 aliphatic carbocycles. The molecule has 7 heteroatoms. The highest BCUT2D eigenvalue weighted by molar-refractivity contribution is 5.47. The van der Waals surface area contributed by atoms with Crippen molar-refractivity contribution in [1.29, 1.82) is 0 Å². The first-order chi connectivity index (χ1) is 10.9. The van der Waals surface area contributed by atoms with Crippen LogP contribution in [0, 0.1) is 11.7 Å². The van der Waals surface area contributed by atoms with E-state index in [1.165, 1.54) is 12.1 Å². The van der Waals surface area contributed by atoms with Crippen molar-refractivity contribution in [2.75, 3.05) is 6.61 Å². The fourth-order valence-electron chi connectivity index (χ4n) is 1.98. The summed E-state index contributed by atoms with van der Waals surface area (Å²) in [5.41, 5.74) is 0. The summed E-state index contributed by atoms with van der Waals surface area (Å²) in [5, 5.41) is 0. The normalized spacial score (nSPS) is 18.3. The van der Waals surface area contributed by atoms with Crippen LogP contribution in [0.2, 0.25) is 0 Å². The zero-order valence-electron chi connectivity index (χ0n) is 12.2. The van der Waals surface area contributed by atoms with Gasteiger partial charge in [0, 0.05) is 0 Å². The SMILES string of the molecule is Fc1c(OC/C=C/C2CC2)ccc(OC2CC2)c1OC(F)(F)F. The Morgan fingerprint density at radius 2 is 1.78 bits per heavy atom. The van der Waals surface area contributed by atoms with Crippen LogP contribution in [-0.4, -0.2) is 19.1 Å². The molecular weight excluding hydrogens is 316 g/mol. The Morgan fingerprint density at radius 3 is 2.39 bits per heavy atom. The minimum absolute atomic E-state index is 0.0850. The predicted octanol–water partition coefficient (Wildman–Crippen LogP) is 4.61. The average molecular weight is 332 g/mol. The molecule has 0 saturated heterocycles. The fourth-order valence-corrected chi connectivity index (χ4v) is 1.98. The quantitative estimate of drug-likeness (QED) is 0.539. The zero-order chi connectivity index (χ0) is 16.4. The molecule has 0 atom stereocenters. The molecule has 0 heterocycles. The summed E-state index contributed by atoms with van der Waals surface area (Å²) in [6.07, 6.45) is 2.22. The van der Waals surface area contributed by atoms with Gasteiger partial charge in [-0.1, -0.05) is 12.2 Å². The largest absolute Gasteiger partial charge is 0.573 e. The summed E-state index contributed by atoms with van der Waals surface area (Å²) in [6, 6.07) is 2.49. The van der Waals surface area contributed by atoms with Crippen LogP contribution in [0.5, 0.6) is 17.2 Å². The van der Waals surface area contributed by atoms with Crippen LogP contribution < -0.4 is 14.2 Å². The van der Waals surface area contributed by atoms with Gasteiger partial charge in [-0.15, -0.1) is 13.2 Å². The minimum Gasteiger partial charge on any atom is -0.486 e. The van der Waals surface area contributed by atoms with Crippen LogP contribution in [0.4, 0.5) is 17.6 Å². The highest BCUT2D eigenvalue weighted by atomic mass is 19.4. The summed E-state index contributed by atoms with van der Waals surface area (Å²) >= 11 is 0. The van der Waals surface area contributed by atoms with Crippen molar-refractivity contribution in [3.8, 4) is 17.2 Å². The van der Waals surface area contributed by atoms with Crippen molar-refractivity contribution in [2.45, 2.75) is 38.1 Å². The van der Waals surface area contributed by atoms with Crippen LogP contribution in [0.25, 0.3) is 0 Å². The molecule has 2 aliphatic rings. The van der Waals surface area contributed by atoms with Crippen LogP contribution in [0.3, 0.4) is 0 Å². The molecule has 0 aromatic heterocycles. The van der Waals surface area contributed by atoms with E-state index in [-0.39, 0.29) is 24.2 Å². The molecule has 0 N–H and O–H groups in total. The Balaban J connectivity index is 1.74. The second-order valence-corrected chi connectivity index (χ2v) is 5.65. The lowest BCUT2D eigenvalue weighted by atomic mass is 10.2. The molecule has 3 nitrogen and oxygen atoms in total. The Kier molecular flexibility index (Phi) is 4.37.